The van der Waals surface area contributed by atoms with Crippen molar-refractivity contribution in [2.24, 2.45) is 7.05 Å². The van der Waals surface area contributed by atoms with E-state index < -0.39 is 0 Å². The van der Waals surface area contributed by atoms with Crippen molar-refractivity contribution in [3.05, 3.63) is 35.4 Å². The number of benzene rings is 1. The first-order valence-corrected chi connectivity index (χ1v) is 6.05. The molecule has 98 valence electrons. The number of fused-ring (bicyclic) bond motifs is 1. The van der Waals surface area contributed by atoms with Crippen molar-refractivity contribution in [3.63, 3.8) is 0 Å². The number of nitrogens with zero attached hydrogens (tertiary/aromatic N) is 2. The highest BCUT2D eigenvalue weighted by Crippen LogP contribution is 2.32. The summed E-state index contributed by atoms with van der Waals surface area (Å²) < 4.78 is 15.7. The number of aromatic amines is 1. The van der Waals surface area contributed by atoms with Gasteiger partial charge in [0.05, 0.1) is 11.7 Å². The van der Waals surface area contributed by atoms with Crippen molar-refractivity contribution < 1.29 is 4.39 Å². The number of aryl methyl sites for hydroxylation is 3. The Kier molecular flexibility index (Phi) is 2.38. The van der Waals surface area contributed by atoms with E-state index in [0.717, 1.165) is 27.8 Å². The second kappa shape index (κ2) is 3.85. The van der Waals surface area contributed by atoms with Crippen LogP contribution in [-0.4, -0.2) is 14.8 Å². The van der Waals surface area contributed by atoms with E-state index in [4.69, 9.17) is 5.73 Å². The van der Waals surface area contributed by atoms with E-state index >= 15 is 0 Å². The van der Waals surface area contributed by atoms with E-state index in [0.29, 0.717) is 11.3 Å². The van der Waals surface area contributed by atoms with Crippen LogP contribution in [-0.2, 0) is 7.05 Å². The highest BCUT2D eigenvalue weighted by atomic mass is 19.1. The third kappa shape index (κ3) is 1.62. The fraction of sp³-hybridized carbons (Fsp3) is 0.214. The average molecular weight is 258 g/mol. The number of hydrogen-bond donors (Lipinski definition) is 2. The molecule has 2 aromatic heterocycles. The number of nitrogen functional groups attached to an aromatic ring is 1. The summed E-state index contributed by atoms with van der Waals surface area (Å²) in [6.07, 6.45) is 1.66. The lowest BCUT2D eigenvalue weighted by Crippen LogP contribution is -1.98. The maximum absolute atomic E-state index is 14.2. The molecule has 3 aromatic rings. The summed E-state index contributed by atoms with van der Waals surface area (Å²) >= 11 is 0. The topological polar surface area (TPSA) is 59.6 Å². The molecular formula is C14H15FN4. The molecule has 0 aliphatic carbocycles. The molecule has 0 saturated carbocycles. The van der Waals surface area contributed by atoms with Crippen molar-refractivity contribution >= 4 is 16.7 Å². The molecule has 0 aliphatic heterocycles. The minimum Gasteiger partial charge on any atom is -0.383 e. The largest absolute Gasteiger partial charge is 0.383 e. The Morgan fingerprint density at radius 1 is 1.32 bits per heavy atom. The number of nitrogens with one attached hydrogen (secondary N) is 1. The smallest absolute Gasteiger partial charge is 0.147 e. The summed E-state index contributed by atoms with van der Waals surface area (Å²) in [7, 11) is 1.76. The van der Waals surface area contributed by atoms with E-state index in [1.807, 2.05) is 19.9 Å². The normalized spacial score (nSPS) is 11.4. The Morgan fingerprint density at radius 3 is 2.68 bits per heavy atom. The molecule has 0 aliphatic rings. The maximum atomic E-state index is 14.2. The Bertz CT molecular complexity index is 782. The molecule has 1 aromatic carbocycles. The lowest BCUT2D eigenvalue weighted by Gasteiger charge is -2.03. The highest BCUT2D eigenvalue weighted by Gasteiger charge is 2.14. The molecule has 0 radical (unpaired) electrons. The quantitative estimate of drug-likeness (QED) is 0.705. The van der Waals surface area contributed by atoms with Gasteiger partial charge in [0, 0.05) is 23.7 Å². The molecule has 5 heteroatoms. The van der Waals surface area contributed by atoms with Gasteiger partial charge in [0.15, 0.2) is 0 Å². The van der Waals surface area contributed by atoms with E-state index in [2.05, 4.69) is 10.1 Å². The Balaban J connectivity index is 2.31. The van der Waals surface area contributed by atoms with Gasteiger partial charge >= 0.3 is 0 Å². The van der Waals surface area contributed by atoms with Gasteiger partial charge in [-0.3, -0.25) is 4.68 Å². The molecule has 0 spiro atoms. The van der Waals surface area contributed by atoms with Gasteiger partial charge in [-0.05, 0) is 37.1 Å². The molecule has 0 saturated heterocycles. The fourth-order valence-corrected chi connectivity index (χ4v) is 2.34. The van der Waals surface area contributed by atoms with Crippen LogP contribution >= 0.6 is 0 Å². The minimum atomic E-state index is -0.271. The molecule has 0 atom stereocenters. The number of H-pyrrole nitrogens is 1. The third-order valence-electron chi connectivity index (χ3n) is 3.66. The number of hydrogen-bond acceptors (Lipinski definition) is 2. The van der Waals surface area contributed by atoms with Gasteiger partial charge in [0.2, 0.25) is 0 Å². The average Bonchev–Trinajstić information content (AvgIpc) is 2.84. The van der Waals surface area contributed by atoms with Gasteiger partial charge in [-0.2, -0.15) is 5.10 Å². The SMILES string of the molecule is Cc1[nH]c2c(F)cc(-c3cnn(C)c3N)cc2c1C. The predicted octanol–water partition coefficient (Wildman–Crippen LogP) is 2.91. The van der Waals surface area contributed by atoms with Crippen LogP contribution in [0.3, 0.4) is 0 Å². The van der Waals surface area contributed by atoms with Crippen LogP contribution in [0.25, 0.3) is 22.0 Å². The summed E-state index contributed by atoms with van der Waals surface area (Å²) in [6.45, 7) is 3.91. The van der Waals surface area contributed by atoms with Gasteiger partial charge in [-0.15, -0.1) is 0 Å². The molecule has 4 nitrogen and oxygen atoms in total. The van der Waals surface area contributed by atoms with Crippen LogP contribution < -0.4 is 5.73 Å². The Labute approximate surface area is 110 Å². The molecule has 3 N–H and O–H groups in total. The minimum absolute atomic E-state index is 0.271. The number of nitrogens with two attached hydrogens (primary N) is 1. The van der Waals surface area contributed by atoms with Crippen LogP contribution in [0.1, 0.15) is 11.3 Å². The number of rotatable bonds is 1. The number of halogens is 1. The van der Waals surface area contributed by atoms with Crippen molar-refractivity contribution in [3.8, 4) is 11.1 Å². The third-order valence-corrected chi connectivity index (χ3v) is 3.66. The van der Waals surface area contributed by atoms with E-state index in [9.17, 15) is 4.39 Å². The molecule has 0 unspecified atom stereocenters. The summed E-state index contributed by atoms with van der Waals surface area (Å²) in [5, 5.41) is 4.98. The van der Waals surface area contributed by atoms with Crippen LogP contribution in [0.15, 0.2) is 18.3 Å². The predicted molar refractivity (Wildman–Crippen MR) is 74.3 cm³/mol. The van der Waals surface area contributed by atoms with Crippen LogP contribution in [0.2, 0.25) is 0 Å². The van der Waals surface area contributed by atoms with Crippen molar-refractivity contribution in [2.75, 3.05) is 5.73 Å². The molecular weight excluding hydrogens is 243 g/mol. The fourth-order valence-electron chi connectivity index (χ4n) is 2.34. The second-order valence-corrected chi connectivity index (χ2v) is 4.82. The first-order valence-electron chi connectivity index (χ1n) is 6.05. The van der Waals surface area contributed by atoms with Gasteiger partial charge in [-0.1, -0.05) is 0 Å². The summed E-state index contributed by atoms with van der Waals surface area (Å²) in [4.78, 5) is 3.07. The maximum Gasteiger partial charge on any atom is 0.147 e. The molecule has 2 heterocycles. The van der Waals surface area contributed by atoms with Crippen LogP contribution in [0, 0.1) is 19.7 Å². The van der Waals surface area contributed by atoms with E-state index in [-0.39, 0.29) is 5.82 Å². The summed E-state index contributed by atoms with van der Waals surface area (Å²) in [5.41, 5.74) is 10.0. The number of aromatic nitrogens is 3. The lowest BCUT2D eigenvalue weighted by molar-refractivity contribution is 0.637. The van der Waals surface area contributed by atoms with Gasteiger partial charge < -0.3 is 10.7 Å². The number of anilines is 1. The zero-order valence-corrected chi connectivity index (χ0v) is 11.1. The zero-order chi connectivity index (χ0) is 13.7. The van der Waals surface area contributed by atoms with Gasteiger partial charge in [0.25, 0.3) is 0 Å². The molecule has 3 rings (SSSR count). The Hall–Kier alpha value is -2.30. The van der Waals surface area contributed by atoms with Crippen LogP contribution in [0.5, 0.6) is 0 Å². The van der Waals surface area contributed by atoms with E-state index in [1.165, 1.54) is 6.07 Å². The highest BCUT2D eigenvalue weighted by molar-refractivity contribution is 5.90. The summed E-state index contributed by atoms with van der Waals surface area (Å²) in [6, 6.07) is 3.44. The molecule has 0 fully saturated rings. The van der Waals surface area contributed by atoms with Crippen molar-refractivity contribution in [1.82, 2.24) is 14.8 Å². The monoisotopic (exact) mass is 258 g/mol. The Morgan fingerprint density at radius 2 is 2.05 bits per heavy atom. The lowest BCUT2D eigenvalue weighted by atomic mass is 10.0. The zero-order valence-electron chi connectivity index (χ0n) is 11.1. The molecule has 0 amide bonds. The standard InChI is InChI=1S/C14H15FN4/c1-7-8(2)18-13-10(7)4-9(5-12(13)15)11-6-17-19(3)14(11)16/h4-6,18H,16H2,1-3H3. The molecule has 0 bridgehead atoms. The van der Waals surface area contributed by atoms with E-state index in [1.54, 1.807) is 17.9 Å². The molecule has 19 heavy (non-hydrogen) atoms. The van der Waals surface area contributed by atoms with Gasteiger partial charge in [-0.25, -0.2) is 4.39 Å². The van der Waals surface area contributed by atoms with Crippen molar-refractivity contribution in [2.45, 2.75) is 13.8 Å². The van der Waals surface area contributed by atoms with Gasteiger partial charge in [0.1, 0.15) is 11.6 Å². The second-order valence-electron chi connectivity index (χ2n) is 4.82. The van der Waals surface area contributed by atoms with Crippen molar-refractivity contribution in [1.29, 1.82) is 0 Å². The summed E-state index contributed by atoms with van der Waals surface area (Å²) in [5.74, 6) is 0.260. The first kappa shape index (κ1) is 11.8. The van der Waals surface area contributed by atoms with Crippen LogP contribution in [0.4, 0.5) is 10.2 Å². The first-order chi connectivity index (χ1) is 8.99.